The quantitative estimate of drug-likeness (QED) is 0.141. The van der Waals surface area contributed by atoms with Crippen LogP contribution in [0.25, 0.3) is 16.8 Å². The van der Waals surface area contributed by atoms with Gasteiger partial charge in [0.05, 0.1) is 30.9 Å². The van der Waals surface area contributed by atoms with Crippen LogP contribution in [0.15, 0.2) is 131 Å². The Hall–Kier alpha value is -5.78. The molecule has 3 aliphatic rings. The fraction of sp³-hybridized carbons (Fsp3) is 0.267. The lowest BCUT2D eigenvalue weighted by Gasteiger charge is -2.35. The van der Waals surface area contributed by atoms with E-state index < -0.39 is 40.1 Å². The van der Waals surface area contributed by atoms with Gasteiger partial charge in [0.15, 0.2) is 6.10 Å². The summed E-state index contributed by atoms with van der Waals surface area (Å²) in [5.41, 5.74) is 5.40. The first kappa shape index (κ1) is 37.2. The van der Waals surface area contributed by atoms with E-state index >= 15 is 0 Å². The molecule has 0 saturated heterocycles. The maximum absolute atomic E-state index is 14.5. The van der Waals surface area contributed by atoms with Crippen molar-refractivity contribution in [3.8, 4) is 11.5 Å². The van der Waals surface area contributed by atoms with Gasteiger partial charge in [-0.1, -0.05) is 78.9 Å². The molecule has 0 N–H and O–H groups in total. The Labute approximate surface area is 327 Å². The number of benzene rings is 5. The molecule has 0 spiro atoms. The Bertz CT molecular complexity index is 2460. The number of carbonyl (C=O) groups is 2. The average Bonchev–Trinajstić information content (AvgIpc) is 3.63. The molecule has 286 valence electrons. The molecule has 1 saturated carbocycles. The number of carbonyl (C=O) groups excluding carboxylic acids is 2. The number of esters is 1. The highest BCUT2D eigenvalue weighted by Gasteiger charge is 2.46. The zero-order chi connectivity index (χ0) is 39.0. The molecule has 4 unspecified atom stereocenters. The number of hydrazone groups is 1. The number of fused-ring (bicyclic) bond motifs is 3. The molecule has 8 rings (SSSR count). The predicted molar refractivity (Wildman–Crippen MR) is 214 cm³/mol. The van der Waals surface area contributed by atoms with Crippen LogP contribution in [0.5, 0.6) is 11.5 Å². The maximum Gasteiger partial charge on any atom is 0.325 e. The van der Waals surface area contributed by atoms with E-state index in [0.717, 1.165) is 69.3 Å². The summed E-state index contributed by atoms with van der Waals surface area (Å²) in [6, 6.07) is 33.7. The number of hydrogen-bond donors (Lipinski definition) is 0. The van der Waals surface area contributed by atoms with E-state index in [1.54, 1.807) is 32.4 Å². The number of allylic oxidation sites excluding steroid dienone is 1. The van der Waals surface area contributed by atoms with Gasteiger partial charge in [-0.05, 0) is 107 Å². The third-order valence-corrected chi connectivity index (χ3v) is 12.9. The summed E-state index contributed by atoms with van der Waals surface area (Å²) < 4.78 is 46.7. The highest BCUT2D eigenvalue weighted by atomic mass is 32.2. The Kier molecular flexibility index (Phi) is 10.2. The van der Waals surface area contributed by atoms with Crippen molar-refractivity contribution in [1.82, 2.24) is 9.31 Å². The van der Waals surface area contributed by atoms with Gasteiger partial charge in [0.25, 0.3) is 5.91 Å². The molecule has 5 aromatic carbocycles. The third-order valence-electron chi connectivity index (χ3n) is 11.1. The lowest BCUT2D eigenvalue weighted by Crippen LogP contribution is -2.50. The van der Waals surface area contributed by atoms with E-state index in [9.17, 15) is 18.0 Å². The van der Waals surface area contributed by atoms with Crippen LogP contribution in [-0.4, -0.2) is 61.7 Å². The first-order valence-electron chi connectivity index (χ1n) is 18.8. The molecule has 1 fully saturated rings. The molecule has 0 radical (unpaired) electrons. The molecule has 11 heteroatoms. The molecule has 56 heavy (non-hydrogen) atoms. The molecule has 4 atom stereocenters. The summed E-state index contributed by atoms with van der Waals surface area (Å²) in [5, 5.41) is 8.13. The van der Waals surface area contributed by atoms with Crippen molar-refractivity contribution >= 4 is 44.5 Å². The second kappa shape index (κ2) is 15.4. The SMILES string of the molecule is COc1ccc(/C=C2/CCCC3C2=NN(C(=O)C(C)OC(=O)C2Cc4ccccc4CN2S(=O)(=O)c2ccc4ccccc4c2)C3c2ccc(OC)cc2)cc1. The molecular weight excluding hydrogens is 727 g/mol. The summed E-state index contributed by atoms with van der Waals surface area (Å²) >= 11 is 0. The van der Waals surface area contributed by atoms with E-state index in [4.69, 9.17) is 19.3 Å². The fourth-order valence-electron chi connectivity index (χ4n) is 8.12. The van der Waals surface area contributed by atoms with Crippen molar-refractivity contribution in [2.45, 2.75) is 62.2 Å². The van der Waals surface area contributed by atoms with E-state index in [-0.39, 0.29) is 23.8 Å². The van der Waals surface area contributed by atoms with Crippen molar-refractivity contribution in [1.29, 1.82) is 0 Å². The van der Waals surface area contributed by atoms with Crippen molar-refractivity contribution in [3.63, 3.8) is 0 Å². The van der Waals surface area contributed by atoms with Crippen LogP contribution < -0.4 is 9.47 Å². The molecule has 2 aliphatic heterocycles. The van der Waals surface area contributed by atoms with Gasteiger partial charge in [-0.2, -0.15) is 9.41 Å². The van der Waals surface area contributed by atoms with Crippen LogP contribution >= 0.6 is 0 Å². The predicted octanol–water partition coefficient (Wildman–Crippen LogP) is 7.73. The van der Waals surface area contributed by atoms with Crippen molar-refractivity contribution in [2.75, 3.05) is 14.2 Å². The zero-order valence-electron chi connectivity index (χ0n) is 31.5. The zero-order valence-corrected chi connectivity index (χ0v) is 32.3. The molecular formula is C45H43N3O7S. The minimum atomic E-state index is -4.17. The first-order valence-corrected chi connectivity index (χ1v) is 20.3. The minimum absolute atomic E-state index is 0.0161. The average molecular weight is 770 g/mol. The Morgan fingerprint density at radius 3 is 2.20 bits per heavy atom. The fourth-order valence-corrected chi connectivity index (χ4v) is 9.71. The van der Waals surface area contributed by atoms with Gasteiger partial charge >= 0.3 is 5.97 Å². The molecule has 0 bridgehead atoms. The number of methoxy groups -OCH3 is 2. The molecule has 2 heterocycles. The topological polar surface area (TPSA) is 115 Å². The highest BCUT2D eigenvalue weighted by Crippen LogP contribution is 2.45. The Balaban J connectivity index is 1.10. The molecule has 10 nitrogen and oxygen atoms in total. The van der Waals surface area contributed by atoms with E-state index in [0.29, 0.717) is 5.75 Å². The first-order chi connectivity index (χ1) is 27.1. The van der Waals surface area contributed by atoms with E-state index in [1.807, 2.05) is 97.1 Å². The largest absolute Gasteiger partial charge is 0.497 e. The summed E-state index contributed by atoms with van der Waals surface area (Å²) in [7, 11) is -0.933. The van der Waals surface area contributed by atoms with Crippen LogP contribution in [0.4, 0.5) is 0 Å². The minimum Gasteiger partial charge on any atom is -0.497 e. The molecule has 1 amide bonds. The van der Waals surface area contributed by atoms with E-state index in [2.05, 4.69) is 6.08 Å². The second-order valence-electron chi connectivity index (χ2n) is 14.5. The highest BCUT2D eigenvalue weighted by molar-refractivity contribution is 7.89. The van der Waals surface area contributed by atoms with Crippen LogP contribution in [-0.2, 0) is 37.3 Å². The van der Waals surface area contributed by atoms with Crippen LogP contribution in [0.2, 0.25) is 0 Å². The van der Waals surface area contributed by atoms with Gasteiger partial charge in [0, 0.05) is 18.9 Å². The van der Waals surface area contributed by atoms with E-state index in [1.165, 1.54) is 16.2 Å². The number of sulfonamides is 1. The van der Waals surface area contributed by atoms with Crippen LogP contribution in [0.3, 0.4) is 0 Å². The van der Waals surface area contributed by atoms with Gasteiger partial charge in [-0.25, -0.2) is 13.4 Å². The number of hydrogen-bond acceptors (Lipinski definition) is 8. The number of rotatable bonds is 9. The standard InChI is InChI=1S/C45H43N3O7S/c1-29(55-45(50)41-27-34-11-6-7-12-36(34)28-47(41)56(51,52)39-24-19-31-9-4-5-10-33(31)26-39)44(49)48-43(32-17-22-38(54-3)23-18-32)40-14-8-13-35(42(40)46-48)25-30-15-20-37(53-2)21-16-30/h4-7,9-12,15-26,29,40-41,43H,8,13-14,27-28H2,1-3H3/b35-25-. The third kappa shape index (κ3) is 7.08. The summed E-state index contributed by atoms with van der Waals surface area (Å²) in [5.74, 6) is 0.0682. The lowest BCUT2D eigenvalue weighted by molar-refractivity contribution is -0.163. The van der Waals surface area contributed by atoms with Crippen LogP contribution in [0.1, 0.15) is 54.5 Å². The summed E-state index contributed by atoms with van der Waals surface area (Å²) in [6.07, 6.45) is 3.48. The number of ether oxygens (including phenoxy) is 3. The van der Waals surface area contributed by atoms with Gasteiger partial charge in [-0.15, -0.1) is 0 Å². The van der Waals surface area contributed by atoms with Gasteiger partial charge in [0.2, 0.25) is 10.0 Å². The second-order valence-corrected chi connectivity index (χ2v) is 16.3. The molecule has 5 aromatic rings. The van der Waals surface area contributed by atoms with Gasteiger partial charge < -0.3 is 14.2 Å². The number of amides is 1. The number of nitrogens with zero attached hydrogens (tertiary/aromatic N) is 3. The van der Waals surface area contributed by atoms with Gasteiger partial charge in [-0.3, -0.25) is 9.59 Å². The van der Waals surface area contributed by atoms with Crippen molar-refractivity contribution in [3.05, 3.63) is 143 Å². The Morgan fingerprint density at radius 1 is 0.821 bits per heavy atom. The normalized spacial score (nSPS) is 20.8. The van der Waals surface area contributed by atoms with Crippen molar-refractivity contribution in [2.24, 2.45) is 11.0 Å². The van der Waals surface area contributed by atoms with Crippen LogP contribution in [0, 0.1) is 5.92 Å². The smallest absolute Gasteiger partial charge is 0.325 e. The monoisotopic (exact) mass is 769 g/mol. The summed E-state index contributed by atoms with van der Waals surface area (Å²) in [4.78, 5) is 28.8. The molecule has 0 aromatic heterocycles. The lowest BCUT2D eigenvalue weighted by atomic mass is 9.77. The van der Waals surface area contributed by atoms with Crippen molar-refractivity contribution < 1.29 is 32.2 Å². The summed E-state index contributed by atoms with van der Waals surface area (Å²) in [6.45, 7) is 1.51. The van der Waals surface area contributed by atoms with Gasteiger partial charge in [0.1, 0.15) is 17.5 Å². The Morgan fingerprint density at radius 2 is 1.48 bits per heavy atom. The maximum atomic E-state index is 14.5. The molecule has 1 aliphatic carbocycles.